The predicted molar refractivity (Wildman–Crippen MR) is 86.7 cm³/mol. The molecule has 0 spiro atoms. The smallest absolute Gasteiger partial charge is 0.503 e. The number of carbonyl (C=O) groups excluding carboxylic acids is 1. The fourth-order valence-electron chi connectivity index (χ4n) is 1.95. The first-order valence-electron chi connectivity index (χ1n) is 6.89. The second-order valence-electron chi connectivity index (χ2n) is 4.88. The number of hydrogen-bond donors (Lipinski definition) is 2. The average molecular weight is 420 g/mol. The fraction of sp³-hybridized carbons (Fsp3) is 0.188. The van der Waals surface area contributed by atoms with Gasteiger partial charge in [0.15, 0.2) is 11.5 Å². The number of ether oxygens (including phenoxy) is 2. The third-order valence-electron chi connectivity index (χ3n) is 3.12. The van der Waals surface area contributed by atoms with Crippen LogP contribution in [0.15, 0.2) is 40.9 Å². The fourth-order valence-corrected chi connectivity index (χ4v) is 2.40. The summed E-state index contributed by atoms with van der Waals surface area (Å²) in [4.78, 5) is 12.2. The number of aromatic hydroxyl groups is 1. The molecule has 0 aliphatic carbocycles. The molecule has 0 saturated heterocycles. The van der Waals surface area contributed by atoms with Gasteiger partial charge in [0.25, 0.3) is 5.91 Å². The number of halogens is 4. The maximum absolute atomic E-state index is 12.2. The monoisotopic (exact) mass is 419 g/mol. The Labute approximate surface area is 149 Å². The summed E-state index contributed by atoms with van der Waals surface area (Å²) in [5, 5.41) is 12.3. The Balaban J connectivity index is 2.01. The highest BCUT2D eigenvalue weighted by molar-refractivity contribution is 9.10. The van der Waals surface area contributed by atoms with Crippen molar-refractivity contribution in [3.8, 4) is 17.2 Å². The molecule has 9 heteroatoms. The van der Waals surface area contributed by atoms with Gasteiger partial charge in [0, 0.05) is 12.1 Å². The van der Waals surface area contributed by atoms with Crippen LogP contribution in [-0.2, 0) is 6.54 Å². The molecule has 0 fully saturated rings. The van der Waals surface area contributed by atoms with Gasteiger partial charge in [-0.1, -0.05) is 12.1 Å². The standard InChI is InChI=1S/C16H13BrF3NO4/c1-24-13-7-10(6-12(17)14(13)22)15(23)21-8-9-2-4-11(5-3-9)25-16(18,19)20/h2-7,22H,8H2,1H3,(H,21,23). The maximum Gasteiger partial charge on any atom is 0.573 e. The van der Waals surface area contributed by atoms with E-state index in [1.165, 1.54) is 31.4 Å². The molecule has 2 rings (SSSR count). The molecule has 2 aromatic rings. The SMILES string of the molecule is COc1cc(C(=O)NCc2ccc(OC(F)(F)F)cc2)cc(Br)c1O. The molecule has 0 aliphatic heterocycles. The second kappa shape index (κ2) is 7.64. The molecule has 0 atom stereocenters. The summed E-state index contributed by atoms with van der Waals surface area (Å²) in [6.45, 7) is 0.103. The van der Waals surface area contributed by atoms with Crippen molar-refractivity contribution in [3.63, 3.8) is 0 Å². The van der Waals surface area contributed by atoms with E-state index in [1.54, 1.807) is 0 Å². The summed E-state index contributed by atoms with van der Waals surface area (Å²) >= 11 is 3.12. The van der Waals surface area contributed by atoms with Gasteiger partial charge in [0.05, 0.1) is 11.6 Å². The quantitative estimate of drug-likeness (QED) is 0.768. The molecular weight excluding hydrogens is 407 g/mol. The van der Waals surface area contributed by atoms with Gasteiger partial charge in [0.2, 0.25) is 0 Å². The molecule has 0 saturated carbocycles. The zero-order valence-corrected chi connectivity index (χ0v) is 14.4. The lowest BCUT2D eigenvalue weighted by Gasteiger charge is -2.11. The number of methoxy groups -OCH3 is 1. The van der Waals surface area contributed by atoms with Crippen LogP contribution in [0.25, 0.3) is 0 Å². The van der Waals surface area contributed by atoms with Gasteiger partial charge in [-0.15, -0.1) is 13.2 Å². The van der Waals surface area contributed by atoms with Gasteiger partial charge in [-0.25, -0.2) is 0 Å². The summed E-state index contributed by atoms with van der Waals surface area (Å²) < 4.78 is 45.3. The lowest BCUT2D eigenvalue weighted by atomic mass is 10.1. The Hall–Kier alpha value is -2.42. The van der Waals surface area contributed by atoms with Crippen molar-refractivity contribution in [2.75, 3.05) is 7.11 Å². The third-order valence-corrected chi connectivity index (χ3v) is 3.73. The Morgan fingerprint density at radius 2 is 1.88 bits per heavy atom. The minimum atomic E-state index is -4.75. The highest BCUT2D eigenvalue weighted by Gasteiger charge is 2.30. The number of carbonyl (C=O) groups is 1. The van der Waals surface area contributed by atoms with Crippen LogP contribution in [0, 0.1) is 0 Å². The average Bonchev–Trinajstić information content (AvgIpc) is 2.55. The van der Waals surface area contributed by atoms with Gasteiger partial charge >= 0.3 is 6.36 Å². The van der Waals surface area contributed by atoms with Gasteiger partial charge in [-0.3, -0.25) is 4.79 Å². The Morgan fingerprint density at radius 3 is 2.44 bits per heavy atom. The molecule has 0 bridgehead atoms. The first kappa shape index (κ1) is 18.9. The predicted octanol–water partition coefficient (Wildman–Crippen LogP) is 3.99. The van der Waals surface area contributed by atoms with E-state index in [0.29, 0.717) is 10.0 Å². The number of benzene rings is 2. The molecule has 134 valence electrons. The molecule has 0 aromatic heterocycles. The van der Waals surface area contributed by atoms with Crippen molar-refractivity contribution in [2.24, 2.45) is 0 Å². The van der Waals surface area contributed by atoms with Gasteiger partial charge < -0.3 is 19.9 Å². The Morgan fingerprint density at radius 1 is 1.24 bits per heavy atom. The summed E-state index contributed by atoms with van der Waals surface area (Å²) in [7, 11) is 1.35. The number of phenolic OH excluding ortho intramolecular Hbond substituents is 1. The van der Waals surface area contributed by atoms with Crippen LogP contribution in [0.2, 0.25) is 0 Å². The number of hydrogen-bond acceptors (Lipinski definition) is 4. The van der Waals surface area contributed by atoms with Crippen molar-refractivity contribution in [3.05, 3.63) is 52.0 Å². The van der Waals surface area contributed by atoms with Crippen LogP contribution in [0.4, 0.5) is 13.2 Å². The van der Waals surface area contributed by atoms with Crippen molar-refractivity contribution in [1.82, 2.24) is 5.32 Å². The molecule has 0 aliphatic rings. The van der Waals surface area contributed by atoms with E-state index in [4.69, 9.17) is 4.74 Å². The van der Waals surface area contributed by atoms with Crippen LogP contribution < -0.4 is 14.8 Å². The first-order chi connectivity index (χ1) is 11.7. The summed E-state index contributed by atoms with van der Waals surface area (Å²) in [6.07, 6.45) is -4.75. The maximum atomic E-state index is 12.2. The number of rotatable bonds is 5. The summed E-state index contributed by atoms with van der Waals surface area (Å²) in [6, 6.07) is 7.94. The van der Waals surface area contributed by atoms with Gasteiger partial charge in [-0.2, -0.15) is 0 Å². The third kappa shape index (κ3) is 5.28. The van der Waals surface area contributed by atoms with E-state index in [2.05, 4.69) is 26.0 Å². The molecule has 0 unspecified atom stereocenters. The lowest BCUT2D eigenvalue weighted by Crippen LogP contribution is -2.23. The van der Waals surface area contributed by atoms with Crippen molar-refractivity contribution in [1.29, 1.82) is 0 Å². The molecule has 0 radical (unpaired) electrons. The van der Waals surface area contributed by atoms with E-state index < -0.39 is 12.3 Å². The number of phenols is 1. The molecular formula is C16H13BrF3NO4. The highest BCUT2D eigenvalue weighted by atomic mass is 79.9. The first-order valence-corrected chi connectivity index (χ1v) is 7.68. The second-order valence-corrected chi connectivity index (χ2v) is 5.74. The van der Waals surface area contributed by atoms with Gasteiger partial charge in [-0.05, 0) is 45.8 Å². The largest absolute Gasteiger partial charge is 0.573 e. The van der Waals surface area contributed by atoms with Crippen LogP contribution in [-0.4, -0.2) is 24.5 Å². The minimum Gasteiger partial charge on any atom is -0.503 e. The van der Waals surface area contributed by atoms with E-state index in [0.717, 1.165) is 12.1 Å². The lowest BCUT2D eigenvalue weighted by molar-refractivity contribution is -0.274. The normalized spacial score (nSPS) is 11.1. The van der Waals surface area contributed by atoms with E-state index in [-0.39, 0.29) is 29.4 Å². The van der Waals surface area contributed by atoms with Gasteiger partial charge in [0.1, 0.15) is 5.75 Å². The van der Waals surface area contributed by atoms with Crippen LogP contribution in [0.5, 0.6) is 17.2 Å². The number of amides is 1. The minimum absolute atomic E-state index is 0.103. The molecule has 2 N–H and O–H groups in total. The van der Waals surface area contributed by atoms with E-state index in [1.807, 2.05) is 0 Å². The van der Waals surface area contributed by atoms with Crippen molar-refractivity contribution < 1.29 is 32.5 Å². The summed E-state index contributed by atoms with van der Waals surface area (Å²) in [5.41, 5.74) is 0.839. The molecule has 5 nitrogen and oxygen atoms in total. The zero-order chi connectivity index (χ0) is 18.6. The molecule has 2 aromatic carbocycles. The number of nitrogens with one attached hydrogen (secondary N) is 1. The molecule has 25 heavy (non-hydrogen) atoms. The van der Waals surface area contributed by atoms with Crippen LogP contribution in [0.1, 0.15) is 15.9 Å². The summed E-state index contributed by atoms with van der Waals surface area (Å²) in [5.74, 6) is -0.767. The van der Waals surface area contributed by atoms with Crippen LogP contribution >= 0.6 is 15.9 Å². The van der Waals surface area contributed by atoms with E-state index in [9.17, 15) is 23.1 Å². The highest BCUT2D eigenvalue weighted by Crippen LogP contribution is 2.35. The Bertz CT molecular complexity index is 763. The number of alkyl halides is 3. The van der Waals surface area contributed by atoms with Crippen molar-refractivity contribution in [2.45, 2.75) is 12.9 Å². The van der Waals surface area contributed by atoms with Crippen LogP contribution in [0.3, 0.4) is 0 Å². The van der Waals surface area contributed by atoms with Crippen molar-refractivity contribution >= 4 is 21.8 Å². The Kier molecular flexibility index (Phi) is 5.78. The van der Waals surface area contributed by atoms with E-state index >= 15 is 0 Å². The molecule has 1 amide bonds. The zero-order valence-electron chi connectivity index (χ0n) is 12.9. The molecule has 0 heterocycles. The topological polar surface area (TPSA) is 67.8 Å².